The largest absolute Gasteiger partial charge is 0.353 e. The van der Waals surface area contributed by atoms with Gasteiger partial charge in [0.25, 0.3) is 0 Å². The van der Waals surface area contributed by atoms with Gasteiger partial charge in [0.2, 0.25) is 0 Å². The van der Waals surface area contributed by atoms with Gasteiger partial charge in [-0.1, -0.05) is 18.5 Å². The summed E-state index contributed by atoms with van der Waals surface area (Å²) in [5, 5.41) is 1.88. The maximum atomic E-state index is 5.91. The summed E-state index contributed by atoms with van der Waals surface area (Å²) in [6, 6.07) is 6.15. The van der Waals surface area contributed by atoms with E-state index < -0.39 is 0 Å². The smallest absolute Gasteiger partial charge is 0.140 e. The Kier molecular flexibility index (Phi) is 4.83. The lowest BCUT2D eigenvalue weighted by Gasteiger charge is -2.35. The molecule has 0 aliphatic carbocycles. The lowest BCUT2D eigenvalue weighted by Crippen LogP contribution is -2.46. The van der Waals surface area contributed by atoms with E-state index in [1.54, 1.807) is 23.9 Å². The van der Waals surface area contributed by atoms with Crippen molar-refractivity contribution in [3.05, 3.63) is 46.3 Å². The van der Waals surface area contributed by atoms with Crippen molar-refractivity contribution in [3.8, 4) is 0 Å². The van der Waals surface area contributed by atoms with Crippen LogP contribution in [-0.4, -0.2) is 46.0 Å². The van der Waals surface area contributed by atoms with E-state index >= 15 is 0 Å². The van der Waals surface area contributed by atoms with E-state index in [1.165, 1.54) is 10.3 Å². The second-order valence-electron chi connectivity index (χ2n) is 6.21. The fourth-order valence-electron chi connectivity index (χ4n) is 3.17. The van der Waals surface area contributed by atoms with Gasteiger partial charge in [0.15, 0.2) is 0 Å². The molecule has 5 nitrogen and oxygen atoms in total. The number of halogens is 1. The lowest BCUT2D eigenvalue weighted by atomic mass is 10.2. The van der Waals surface area contributed by atoms with E-state index in [2.05, 4.69) is 37.7 Å². The zero-order chi connectivity index (χ0) is 17.2. The first-order chi connectivity index (χ1) is 12.2. The first-order valence-electron chi connectivity index (χ1n) is 8.54. The third-order valence-corrected chi connectivity index (χ3v) is 5.96. The Morgan fingerprint density at radius 2 is 1.96 bits per heavy atom. The van der Waals surface area contributed by atoms with Gasteiger partial charge in [-0.25, -0.2) is 9.97 Å². The highest BCUT2D eigenvalue weighted by Crippen LogP contribution is 2.31. The Hall–Kier alpha value is -1.76. The molecule has 0 spiro atoms. The summed E-state index contributed by atoms with van der Waals surface area (Å²) in [5.41, 5.74) is 1.06. The number of hydrogen-bond donors (Lipinski definition) is 0. The van der Waals surface area contributed by atoms with Crippen molar-refractivity contribution in [1.82, 2.24) is 19.9 Å². The van der Waals surface area contributed by atoms with Crippen LogP contribution in [0.15, 0.2) is 30.7 Å². The average molecular weight is 374 g/mol. The molecule has 3 aromatic rings. The number of pyridine rings is 1. The van der Waals surface area contributed by atoms with Gasteiger partial charge in [-0.05, 0) is 24.6 Å². The van der Waals surface area contributed by atoms with Gasteiger partial charge in [-0.3, -0.25) is 9.88 Å². The van der Waals surface area contributed by atoms with Gasteiger partial charge in [0.05, 0.1) is 16.1 Å². The Balaban J connectivity index is 1.45. The van der Waals surface area contributed by atoms with Crippen molar-refractivity contribution in [3.63, 3.8) is 0 Å². The second kappa shape index (κ2) is 7.23. The molecular formula is C18H20ClN5S. The standard InChI is InChI=1S/C18H20ClN5S/c1-2-15-9-16-17(21-12-22-18(16)25-15)24-7-5-23(6-8-24)11-14-4-3-13(19)10-20-14/h3-4,9-10,12H,2,5-8,11H2,1H3. The molecule has 0 atom stereocenters. The monoisotopic (exact) mass is 373 g/mol. The Bertz CT molecular complexity index is 856. The summed E-state index contributed by atoms with van der Waals surface area (Å²) in [7, 11) is 0. The van der Waals surface area contributed by atoms with E-state index in [1.807, 2.05) is 12.1 Å². The SMILES string of the molecule is CCc1cc2c(N3CCN(Cc4ccc(Cl)cn4)CC3)ncnc2s1. The summed E-state index contributed by atoms with van der Waals surface area (Å²) in [4.78, 5) is 20.7. The number of piperazine rings is 1. The van der Waals surface area contributed by atoms with Crippen molar-refractivity contribution in [2.45, 2.75) is 19.9 Å². The van der Waals surface area contributed by atoms with Gasteiger partial charge in [-0.2, -0.15) is 0 Å². The van der Waals surface area contributed by atoms with E-state index in [9.17, 15) is 0 Å². The Morgan fingerprint density at radius 3 is 2.68 bits per heavy atom. The maximum absolute atomic E-state index is 5.91. The zero-order valence-electron chi connectivity index (χ0n) is 14.2. The minimum Gasteiger partial charge on any atom is -0.353 e. The van der Waals surface area contributed by atoms with Crippen LogP contribution < -0.4 is 4.90 Å². The summed E-state index contributed by atoms with van der Waals surface area (Å²) in [5.74, 6) is 1.07. The van der Waals surface area contributed by atoms with Gasteiger partial charge in [0, 0.05) is 43.8 Å². The quantitative estimate of drug-likeness (QED) is 0.698. The molecule has 0 bridgehead atoms. The third-order valence-electron chi connectivity index (χ3n) is 4.55. The Labute approximate surface area is 156 Å². The van der Waals surface area contributed by atoms with Crippen LogP contribution in [0.25, 0.3) is 10.2 Å². The van der Waals surface area contributed by atoms with E-state index in [0.717, 1.165) is 55.5 Å². The highest BCUT2D eigenvalue weighted by molar-refractivity contribution is 7.18. The molecule has 0 unspecified atom stereocenters. The van der Waals surface area contributed by atoms with E-state index in [0.29, 0.717) is 5.02 Å². The predicted molar refractivity (Wildman–Crippen MR) is 104 cm³/mol. The number of thiophene rings is 1. The molecule has 25 heavy (non-hydrogen) atoms. The van der Waals surface area contributed by atoms with Crippen LogP contribution in [-0.2, 0) is 13.0 Å². The molecular weight excluding hydrogens is 354 g/mol. The molecule has 3 aromatic heterocycles. The molecule has 0 saturated carbocycles. The molecule has 0 N–H and O–H groups in total. The van der Waals surface area contributed by atoms with Crippen molar-refractivity contribution < 1.29 is 0 Å². The molecule has 0 radical (unpaired) electrons. The highest BCUT2D eigenvalue weighted by atomic mass is 35.5. The van der Waals surface area contributed by atoms with Crippen LogP contribution in [0.5, 0.6) is 0 Å². The van der Waals surface area contributed by atoms with Crippen molar-refractivity contribution in [1.29, 1.82) is 0 Å². The van der Waals surface area contributed by atoms with Crippen LogP contribution >= 0.6 is 22.9 Å². The van der Waals surface area contributed by atoms with Crippen LogP contribution in [0.4, 0.5) is 5.82 Å². The zero-order valence-corrected chi connectivity index (χ0v) is 15.7. The molecule has 1 aliphatic rings. The van der Waals surface area contributed by atoms with E-state index in [-0.39, 0.29) is 0 Å². The number of aromatic nitrogens is 3. The first kappa shape index (κ1) is 16.7. The number of hydrogen-bond acceptors (Lipinski definition) is 6. The first-order valence-corrected chi connectivity index (χ1v) is 9.73. The van der Waals surface area contributed by atoms with Crippen LogP contribution in [0, 0.1) is 0 Å². The van der Waals surface area contributed by atoms with Crippen molar-refractivity contribution >= 4 is 39.0 Å². The van der Waals surface area contributed by atoms with Gasteiger partial charge < -0.3 is 4.90 Å². The normalized spacial score (nSPS) is 15.8. The molecule has 0 amide bonds. The van der Waals surface area contributed by atoms with E-state index in [4.69, 9.17) is 11.6 Å². The fraction of sp³-hybridized carbons (Fsp3) is 0.389. The highest BCUT2D eigenvalue weighted by Gasteiger charge is 2.21. The molecule has 4 rings (SSSR count). The molecule has 7 heteroatoms. The molecule has 4 heterocycles. The van der Waals surface area contributed by atoms with Gasteiger partial charge in [-0.15, -0.1) is 11.3 Å². The molecule has 1 aliphatic heterocycles. The average Bonchev–Trinajstić information content (AvgIpc) is 3.08. The Morgan fingerprint density at radius 1 is 1.12 bits per heavy atom. The predicted octanol–water partition coefficient (Wildman–Crippen LogP) is 3.62. The third kappa shape index (κ3) is 3.61. The van der Waals surface area contributed by atoms with Gasteiger partial charge >= 0.3 is 0 Å². The topological polar surface area (TPSA) is 45.2 Å². The molecule has 0 aromatic carbocycles. The van der Waals surface area contributed by atoms with Crippen LogP contribution in [0.1, 0.15) is 17.5 Å². The summed E-state index contributed by atoms with van der Waals surface area (Å²) in [6.45, 7) is 6.99. The number of aryl methyl sites for hydroxylation is 1. The lowest BCUT2D eigenvalue weighted by molar-refractivity contribution is 0.247. The number of anilines is 1. The summed E-state index contributed by atoms with van der Waals surface area (Å²) in [6.07, 6.45) is 4.45. The van der Waals surface area contributed by atoms with Gasteiger partial charge in [0.1, 0.15) is 17.0 Å². The fourth-order valence-corrected chi connectivity index (χ4v) is 4.21. The number of fused-ring (bicyclic) bond motifs is 1. The molecule has 1 fully saturated rings. The van der Waals surface area contributed by atoms with Crippen LogP contribution in [0.3, 0.4) is 0 Å². The van der Waals surface area contributed by atoms with Crippen molar-refractivity contribution in [2.24, 2.45) is 0 Å². The maximum Gasteiger partial charge on any atom is 0.140 e. The number of rotatable bonds is 4. The van der Waals surface area contributed by atoms with Crippen molar-refractivity contribution in [2.75, 3.05) is 31.1 Å². The minimum absolute atomic E-state index is 0.684. The summed E-state index contributed by atoms with van der Waals surface area (Å²) >= 11 is 7.68. The number of nitrogens with zero attached hydrogens (tertiary/aromatic N) is 5. The summed E-state index contributed by atoms with van der Waals surface area (Å²) < 4.78 is 0. The second-order valence-corrected chi connectivity index (χ2v) is 7.76. The molecule has 1 saturated heterocycles. The molecule has 130 valence electrons. The minimum atomic E-state index is 0.684. The van der Waals surface area contributed by atoms with Crippen LogP contribution in [0.2, 0.25) is 5.02 Å².